The minimum atomic E-state index is -3.90. The third-order valence-electron chi connectivity index (χ3n) is 4.80. The lowest BCUT2D eigenvalue weighted by Gasteiger charge is -2.08. The molecule has 0 aliphatic rings. The zero-order chi connectivity index (χ0) is 21.9. The van der Waals surface area contributed by atoms with Gasteiger partial charge < -0.3 is 4.57 Å². The first-order valence-corrected chi connectivity index (χ1v) is 11.7. The Morgan fingerprint density at radius 2 is 2.03 bits per heavy atom. The van der Waals surface area contributed by atoms with Crippen LogP contribution in [0.2, 0.25) is 5.02 Å². The van der Waals surface area contributed by atoms with Gasteiger partial charge in [-0.05, 0) is 43.7 Å². The molecule has 0 unspecified atom stereocenters. The molecule has 0 bridgehead atoms. The summed E-state index contributed by atoms with van der Waals surface area (Å²) in [6.45, 7) is 3.83. The van der Waals surface area contributed by atoms with E-state index in [1.54, 1.807) is 17.8 Å². The predicted molar refractivity (Wildman–Crippen MR) is 120 cm³/mol. The first kappa shape index (κ1) is 22.1. The van der Waals surface area contributed by atoms with Crippen molar-refractivity contribution in [3.63, 3.8) is 0 Å². The Morgan fingerprint density at radius 3 is 2.77 bits per heavy atom. The number of halogens is 1. The summed E-state index contributed by atoms with van der Waals surface area (Å²) in [5.41, 5.74) is 2.24. The van der Waals surface area contributed by atoms with Gasteiger partial charge in [0.25, 0.3) is 10.0 Å². The van der Waals surface area contributed by atoms with Crippen LogP contribution in [0.5, 0.6) is 0 Å². The lowest BCUT2D eigenvalue weighted by atomic mass is 10.2. The van der Waals surface area contributed by atoms with E-state index >= 15 is 0 Å². The molecule has 0 aliphatic carbocycles. The number of sulfonamides is 1. The molecule has 0 radical (unpaired) electrons. The van der Waals surface area contributed by atoms with Gasteiger partial charge in [0.05, 0.1) is 16.6 Å². The Kier molecular flexibility index (Phi) is 6.67. The Hall–Kier alpha value is -2.58. The van der Waals surface area contributed by atoms with E-state index in [4.69, 9.17) is 11.6 Å². The van der Waals surface area contributed by atoms with Gasteiger partial charge >= 0.3 is 0 Å². The number of carbonyl (C=O) groups is 1. The number of hydrogen-bond donors (Lipinski definition) is 1. The fourth-order valence-electron chi connectivity index (χ4n) is 3.38. The summed E-state index contributed by atoms with van der Waals surface area (Å²) in [5, 5.41) is 7.06. The first-order valence-electron chi connectivity index (χ1n) is 9.76. The smallest absolute Gasteiger partial charge is 0.257 e. The van der Waals surface area contributed by atoms with Gasteiger partial charge in [-0.1, -0.05) is 31.4 Å². The molecule has 160 valence electrons. The number of fused-ring (bicyclic) bond motifs is 1. The molecule has 7 nitrogen and oxygen atoms in total. The van der Waals surface area contributed by atoms with E-state index in [-0.39, 0.29) is 6.42 Å². The first-order chi connectivity index (χ1) is 14.2. The Bertz CT molecular complexity index is 1210. The Labute approximate surface area is 181 Å². The number of aryl methyl sites for hydroxylation is 2. The van der Waals surface area contributed by atoms with Crippen molar-refractivity contribution in [2.45, 2.75) is 39.5 Å². The lowest BCUT2D eigenvalue weighted by Crippen LogP contribution is -2.28. The highest BCUT2D eigenvalue weighted by Gasteiger charge is 2.17. The van der Waals surface area contributed by atoms with Gasteiger partial charge in [-0.2, -0.15) is 5.10 Å². The summed E-state index contributed by atoms with van der Waals surface area (Å²) in [4.78, 5) is 11.9. The molecule has 2 heterocycles. The van der Waals surface area contributed by atoms with Crippen molar-refractivity contribution in [3.8, 4) is 5.82 Å². The summed E-state index contributed by atoms with van der Waals surface area (Å²) in [6, 6.07) is 7.51. The minimum absolute atomic E-state index is 0.190. The van der Waals surface area contributed by atoms with Crippen molar-refractivity contribution < 1.29 is 13.2 Å². The molecule has 0 aliphatic heterocycles. The van der Waals surface area contributed by atoms with Crippen molar-refractivity contribution in [3.05, 3.63) is 52.2 Å². The van der Waals surface area contributed by atoms with Crippen LogP contribution in [0.3, 0.4) is 0 Å². The second-order valence-electron chi connectivity index (χ2n) is 7.17. The SMILES string of the molecule is CCCCCC(=O)NS(=O)(=O)C=Cc1c(C)nn(C)c1-n1ccc2cc(Cl)ccc21. The molecule has 1 aromatic carbocycles. The predicted octanol–water partition coefficient (Wildman–Crippen LogP) is 4.32. The van der Waals surface area contributed by atoms with Crippen LogP contribution in [-0.4, -0.2) is 28.7 Å². The number of nitrogens with zero attached hydrogens (tertiary/aromatic N) is 3. The van der Waals surface area contributed by atoms with Gasteiger partial charge in [0.15, 0.2) is 0 Å². The molecule has 9 heteroatoms. The van der Waals surface area contributed by atoms with Crippen molar-refractivity contribution in [1.82, 2.24) is 19.1 Å². The van der Waals surface area contributed by atoms with Crippen molar-refractivity contribution in [2.24, 2.45) is 7.05 Å². The number of hydrogen-bond acceptors (Lipinski definition) is 4. The summed E-state index contributed by atoms with van der Waals surface area (Å²) < 4.78 is 30.4. The van der Waals surface area contributed by atoms with Gasteiger partial charge in [-0.15, -0.1) is 0 Å². The zero-order valence-electron chi connectivity index (χ0n) is 17.2. The molecule has 3 aromatic rings. The van der Waals surface area contributed by atoms with Crippen LogP contribution in [0, 0.1) is 6.92 Å². The van der Waals surface area contributed by atoms with Crippen LogP contribution in [0.1, 0.15) is 43.9 Å². The number of carbonyl (C=O) groups excluding carboxylic acids is 1. The molecule has 30 heavy (non-hydrogen) atoms. The minimum Gasteiger partial charge on any atom is -0.301 e. The summed E-state index contributed by atoms with van der Waals surface area (Å²) in [5.74, 6) is 0.218. The van der Waals surface area contributed by atoms with Crippen LogP contribution < -0.4 is 4.72 Å². The normalized spacial score (nSPS) is 12.1. The average Bonchev–Trinajstić information content (AvgIpc) is 3.18. The quantitative estimate of drug-likeness (QED) is 0.520. The van der Waals surface area contributed by atoms with Crippen LogP contribution in [-0.2, 0) is 21.9 Å². The Morgan fingerprint density at radius 1 is 1.27 bits per heavy atom. The fourth-order valence-corrected chi connectivity index (χ4v) is 4.36. The van der Waals surface area contributed by atoms with Gasteiger partial charge in [-0.3, -0.25) is 9.48 Å². The number of aromatic nitrogens is 3. The van der Waals surface area contributed by atoms with E-state index in [9.17, 15) is 13.2 Å². The monoisotopic (exact) mass is 448 g/mol. The summed E-state index contributed by atoms with van der Waals surface area (Å²) in [6.07, 6.45) is 6.06. The maximum absolute atomic E-state index is 12.3. The van der Waals surface area contributed by atoms with Crippen LogP contribution in [0.25, 0.3) is 22.8 Å². The van der Waals surface area contributed by atoms with Crippen LogP contribution in [0.15, 0.2) is 35.9 Å². The molecule has 1 amide bonds. The number of unbranched alkanes of at least 4 members (excludes halogenated alkanes) is 2. The fraction of sp³-hybridized carbons (Fsp3) is 0.333. The number of nitrogens with one attached hydrogen (secondary N) is 1. The summed E-state index contributed by atoms with van der Waals surface area (Å²) in [7, 11) is -2.10. The van der Waals surface area contributed by atoms with Gasteiger partial charge in [0.2, 0.25) is 5.91 Å². The number of amides is 1. The summed E-state index contributed by atoms with van der Waals surface area (Å²) >= 11 is 6.08. The molecule has 1 N–H and O–H groups in total. The molecule has 2 aromatic heterocycles. The zero-order valence-corrected chi connectivity index (χ0v) is 18.8. The standard InChI is InChI=1S/C21H25ClN4O3S/c1-4-5-6-7-20(27)24-30(28,29)13-11-18-15(2)23-25(3)21(18)26-12-10-16-14-17(22)8-9-19(16)26/h8-14H,4-7H2,1-3H3,(H,24,27). The molecular formula is C21H25ClN4O3S. The lowest BCUT2D eigenvalue weighted by molar-refractivity contribution is -0.119. The highest BCUT2D eigenvalue weighted by Crippen LogP contribution is 2.27. The van der Waals surface area contributed by atoms with Gasteiger partial charge in [-0.25, -0.2) is 13.1 Å². The van der Waals surface area contributed by atoms with Crippen molar-refractivity contribution >= 4 is 44.5 Å². The topological polar surface area (TPSA) is 86.0 Å². The van der Waals surface area contributed by atoms with E-state index in [1.807, 2.05) is 42.8 Å². The second kappa shape index (κ2) is 9.06. The molecule has 0 saturated heterocycles. The number of benzene rings is 1. The average molecular weight is 449 g/mol. The molecular weight excluding hydrogens is 424 g/mol. The van der Waals surface area contributed by atoms with E-state index in [0.717, 1.165) is 29.2 Å². The van der Waals surface area contributed by atoms with Crippen LogP contribution in [0.4, 0.5) is 0 Å². The van der Waals surface area contributed by atoms with E-state index in [2.05, 4.69) is 9.82 Å². The van der Waals surface area contributed by atoms with E-state index in [0.29, 0.717) is 28.5 Å². The van der Waals surface area contributed by atoms with Crippen molar-refractivity contribution in [1.29, 1.82) is 0 Å². The molecule has 0 saturated carbocycles. The molecule has 3 rings (SSSR count). The third kappa shape index (κ3) is 4.94. The second-order valence-corrected chi connectivity index (χ2v) is 9.17. The molecule has 0 atom stereocenters. The van der Waals surface area contributed by atoms with Crippen molar-refractivity contribution in [2.75, 3.05) is 0 Å². The molecule has 0 fully saturated rings. The third-order valence-corrected chi connectivity index (χ3v) is 6.04. The highest BCUT2D eigenvalue weighted by atomic mass is 35.5. The van der Waals surface area contributed by atoms with E-state index in [1.165, 1.54) is 6.08 Å². The maximum Gasteiger partial charge on any atom is 0.257 e. The number of rotatable bonds is 8. The maximum atomic E-state index is 12.3. The largest absolute Gasteiger partial charge is 0.301 e. The van der Waals surface area contributed by atoms with Crippen LogP contribution >= 0.6 is 11.6 Å². The highest BCUT2D eigenvalue weighted by molar-refractivity contribution is 7.93. The molecule has 0 spiro atoms. The Balaban J connectivity index is 1.91. The van der Waals surface area contributed by atoms with Gasteiger partial charge in [0.1, 0.15) is 5.82 Å². The van der Waals surface area contributed by atoms with E-state index < -0.39 is 15.9 Å². The van der Waals surface area contributed by atoms with Gasteiger partial charge in [0, 0.05) is 35.6 Å².